The number of fused-ring (bicyclic) bond motifs is 1. The molecule has 2 aromatic rings. The summed E-state index contributed by atoms with van der Waals surface area (Å²) in [6.07, 6.45) is 5.46. The molecule has 0 saturated heterocycles. The first-order chi connectivity index (χ1) is 8.76. The second-order valence-electron chi connectivity index (χ2n) is 3.72. The van der Waals surface area contributed by atoms with Gasteiger partial charge in [0.2, 0.25) is 0 Å². The van der Waals surface area contributed by atoms with Crippen LogP contribution in [0, 0.1) is 0 Å². The zero-order chi connectivity index (χ0) is 13.0. The summed E-state index contributed by atoms with van der Waals surface area (Å²) >= 11 is 0. The van der Waals surface area contributed by atoms with Crippen LogP contribution in [0.5, 0.6) is 0 Å². The fourth-order valence-corrected chi connectivity index (χ4v) is 1.82. The molecule has 0 amide bonds. The van der Waals surface area contributed by atoms with Crippen molar-refractivity contribution in [3.05, 3.63) is 41.6 Å². The number of esters is 1. The molecule has 0 fully saturated rings. The topological polar surface area (TPSA) is 59.2 Å². The molecule has 0 radical (unpaired) electrons. The molecule has 1 heterocycles. The van der Waals surface area contributed by atoms with Crippen LogP contribution in [-0.2, 0) is 9.53 Å². The number of H-pyrrole nitrogens is 1. The lowest BCUT2D eigenvalue weighted by Crippen LogP contribution is -1.98. The van der Waals surface area contributed by atoms with Crippen molar-refractivity contribution in [2.24, 2.45) is 0 Å². The molecule has 1 N–H and O–H groups in total. The minimum atomic E-state index is -0.391. The molecule has 0 aliphatic rings. The Labute approximate surface area is 104 Å². The third-order valence-corrected chi connectivity index (χ3v) is 2.58. The second-order valence-corrected chi connectivity index (χ2v) is 3.72. The van der Waals surface area contributed by atoms with Crippen molar-refractivity contribution in [2.45, 2.75) is 6.92 Å². The SMILES string of the molecule is CCOC(=O)/C=C/c1cccc2[nH]cc(C=O)c12. The van der Waals surface area contributed by atoms with Gasteiger partial charge in [0.05, 0.1) is 6.61 Å². The highest BCUT2D eigenvalue weighted by Crippen LogP contribution is 2.22. The normalized spacial score (nSPS) is 10.9. The maximum Gasteiger partial charge on any atom is 0.330 e. The molecule has 0 aliphatic heterocycles. The summed E-state index contributed by atoms with van der Waals surface area (Å²) in [5, 5.41) is 0.813. The largest absolute Gasteiger partial charge is 0.463 e. The summed E-state index contributed by atoms with van der Waals surface area (Å²) in [6.45, 7) is 2.10. The number of hydrogen-bond acceptors (Lipinski definition) is 3. The van der Waals surface area contributed by atoms with Crippen LogP contribution < -0.4 is 0 Å². The zero-order valence-electron chi connectivity index (χ0n) is 9.97. The first kappa shape index (κ1) is 12.1. The van der Waals surface area contributed by atoms with Gasteiger partial charge in [0.15, 0.2) is 6.29 Å². The first-order valence-electron chi connectivity index (χ1n) is 5.66. The number of hydrogen-bond donors (Lipinski definition) is 1. The molecule has 0 aliphatic carbocycles. The molecule has 4 nitrogen and oxygen atoms in total. The van der Waals surface area contributed by atoms with Gasteiger partial charge in [-0.2, -0.15) is 0 Å². The van der Waals surface area contributed by atoms with Crippen molar-refractivity contribution in [2.75, 3.05) is 6.61 Å². The van der Waals surface area contributed by atoms with Crippen LogP contribution in [0.25, 0.3) is 17.0 Å². The fraction of sp³-hybridized carbons (Fsp3) is 0.143. The van der Waals surface area contributed by atoms with Gasteiger partial charge in [-0.3, -0.25) is 4.79 Å². The zero-order valence-corrected chi connectivity index (χ0v) is 9.97. The number of benzene rings is 1. The van der Waals surface area contributed by atoms with Gasteiger partial charge in [-0.15, -0.1) is 0 Å². The highest BCUT2D eigenvalue weighted by molar-refractivity contribution is 6.03. The molecule has 2 rings (SSSR count). The molecule has 0 spiro atoms. The van der Waals surface area contributed by atoms with Gasteiger partial charge < -0.3 is 9.72 Å². The maximum atomic E-state index is 11.3. The molecule has 4 heteroatoms. The molecule has 0 unspecified atom stereocenters. The van der Waals surface area contributed by atoms with Crippen molar-refractivity contribution < 1.29 is 14.3 Å². The van der Waals surface area contributed by atoms with Crippen molar-refractivity contribution >= 4 is 29.2 Å². The van der Waals surface area contributed by atoms with Crippen molar-refractivity contribution in [1.29, 1.82) is 0 Å². The smallest absolute Gasteiger partial charge is 0.330 e. The highest BCUT2D eigenvalue weighted by Gasteiger charge is 2.06. The molecule has 0 atom stereocenters. The van der Waals surface area contributed by atoms with Crippen LogP contribution >= 0.6 is 0 Å². The number of carbonyl (C=O) groups excluding carboxylic acids is 2. The van der Waals surface area contributed by atoms with E-state index in [2.05, 4.69) is 4.98 Å². The number of carbonyl (C=O) groups is 2. The Morgan fingerprint density at radius 2 is 2.22 bits per heavy atom. The van der Waals surface area contributed by atoms with E-state index in [1.807, 2.05) is 18.2 Å². The number of nitrogens with one attached hydrogen (secondary N) is 1. The molecule has 0 saturated carbocycles. The first-order valence-corrected chi connectivity index (χ1v) is 5.66. The number of ether oxygens (including phenoxy) is 1. The van der Waals surface area contributed by atoms with Gasteiger partial charge in [0.25, 0.3) is 0 Å². The fourth-order valence-electron chi connectivity index (χ4n) is 1.82. The van der Waals surface area contributed by atoms with Crippen LogP contribution in [0.4, 0.5) is 0 Å². The summed E-state index contributed by atoms with van der Waals surface area (Å²) in [6, 6.07) is 5.58. The van der Waals surface area contributed by atoms with E-state index in [4.69, 9.17) is 4.74 Å². The van der Waals surface area contributed by atoms with Gasteiger partial charge in [0, 0.05) is 28.7 Å². The molecular formula is C14H13NO3. The summed E-state index contributed by atoms with van der Waals surface area (Å²) in [5.41, 5.74) is 2.25. The van der Waals surface area contributed by atoms with E-state index in [-0.39, 0.29) is 0 Å². The Balaban J connectivity index is 2.41. The van der Waals surface area contributed by atoms with Crippen molar-refractivity contribution in [3.63, 3.8) is 0 Å². The second kappa shape index (κ2) is 5.31. The standard InChI is InChI=1S/C14H13NO3/c1-2-18-13(17)7-6-10-4-3-5-12-14(10)11(9-16)8-15-12/h3-9,15H,2H2,1H3/b7-6+. The van der Waals surface area contributed by atoms with Crippen LogP contribution in [0.2, 0.25) is 0 Å². The quantitative estimate of drug-likeness (QED) is 0.510. The summed E-state index contributed by atoms with van der Waals surface area (Å²) in [7, 11) is 0. The monoisotopic (exact) mass is 243 g/mol. The third-order valence-electron chi connectivity index (χ3n) is 2.58. The highest BCUT2D eigenvalue weighted by atomic mass is 16.5. The van der Waals surface area contributed by atoms with Gasteiger partial charge >= 0.3 is 5.97 Å². The van der Waals surface area contributed by atoms with Gasteiger partial charge in [-0.1, -0.05) is 12.1 Å². The Hall–Kier alpha value is -2.36. The van der Waals surface area contributed by atoms with Crippen LogP contribution in [0.1, 0.15) is 22.8 Å². The van der Waals surface area contributed by atoms with E-state index in [1.165, 1.54) is 6.08 Å². The predicted molar refractivity (Wildman–Crippen MR) is 69.4 cm³/mol. The third kappa shape index (κ3) is 2.32. The van der Waals surface area contributed by atoms with Gasteiger partial charge in [0.1, 0.15) is 0 Å². The van der Waals surface area contributed by atoms with E-state index >= 15 is 0 Å². The van der Waals surface area contributed by atoms with Crippen molar-refractivity contribution in [3.8, 4) is 0 Å². The molecular weight excluding hydrogens is 230 g/mol. The van der Waals surface area contributed by atoms with E-state index in [9.17, 15) is 9.59 Å². The minimum absolute atomic E-state index is 0.344. The van der Waals surface area contributed by atoms with Crippen LogP contribution in [0.15, 0.2) is 30.5 Å². The van der Waals surface area contributed by atoms with E-state index < -0.39 is 5.97 Å². The van der Waals surface area contributed by atoms with E-state index in [0.29, 0.717) is 12.2 Å². The molecule has 92 valence electrons. The van der Waals surface area contributed by atoms with Crippen molar-refractivity contribution in [1.82, 2.24) is 4.98 Å². The number of aromatic nitrogens is 1. The minimum Gasteiger partial charge on any atom is -0.463 e. The summed E-state index contributed by atoms with van der Waals surface area (Å²) in [5.74, 6) is -0.391. The van der Waals surface area contributed by atoms with Gasteiger partial charge in [-0.25, -0.2) is 4.79 Å². The number of rotatable bonds is 4. The summed E-state index contributed by atoms with van der Waals surface area (Å²) < 4.78 is 4.81. The lowest BCUT2D eigenvalue weighted by atomic mass is 10.1. The lowest BCUT2D eigenvalue weighted by Gasteiger charge is -1.98. The Kier molecular flexibility index (Phi) is 3.57. The van der Waals surface area contributed by atoms with E-state index in [1.54, 1.807) is 19.2 Å². The van der Waals surface area contributed by atoms with Gasteiger partial charge in [-0.05, 0) is 24.6 Å². The molecule has 1 aromatic carbocycles. The average Bonchev–Trinajstić information content (AvgIpc) is 2.80. The molecule has 1 aromatic heterocycles. The predicted octanol–water partition coefficient (Wildman–Crippen LogP) is 2.56. The number of aromatic amines is 1. The number of aldehydes is 1. The Morgan fingerprint density at radius 3 is 2.94 bits per heavy atom. The van der Waals surface area contributed by atoms with Crippen LogP contribution in [0.3, 0.4) is 0 Å². The van der Waals surface area contributed by atoms with E-state index in [0.717, 1.165) is 22.8 Å². The van der Waals surface area contributed by atoms with Crippen LogP contribution in [-0.4, -0.2) is 23.8 Å². The Bertz CT molecular complexity index is 611. The Morgan fingerprint density at radius 1 is 1.39 bits per heavy atom. The molecule has 18 heavy (non-hydrogen) atoms. The summed E-state index contributed by atoms with van der Waals surface area (Å²) in [4.78, 5) is 25.2. The maximum absolute atomic E-state index is 11.3. The average molecular weight is 243 g/mol. The lowest BCUT2D eigenvalue weighted by molar-refractivity contribution is -0.137. The molecule has 0 bridgehead atoms.